The zero-order valence-electron chi connectivity index (χ0n) is 12.4. The van der Waals surface area contributed by atoms with Crippen molar-refractivity contribution in [2.75, 3.05) is 5.75 Å². The summed E-state index contributed by atoms with van der Waals surface area (Å²) in [6.07, 6.45) is 4.58. The molecule has 112 valence electrons. The van der Waals surface area contributed by atoms with Crippen LogP contribution in [0.15, 0.2) is 5.16 Å². The Balaban J connectivity index is 2.26. The first-order chi connectivity index (χ1) is 9.58. The highest BCUT2D eigenvalue weighted by atomic mass is 32.2. The third-order valence-corrected chi connectivity index (χ3v) is 5.02. The van der Waals surface area contributed by atoms with E-state index in [1.807, 2.05) is 0 Å². The van der Waals surface area contributed by atoms with Crippen LogP contribution in [-0.2, 0) is 4.79 Å². The van der Waals surface area contributed by atoms with Crippen molar-refractivity contribution in [1.29, 1.82) is 0 Å². The molecule has 0 aromatic carbocycles. The second kappa shape index (κ2) is 6.61. The molecule has 1 heterocycles. The van der Waals surface area contributed by atoms with Crippen molar-refractivity contribution in [2.45, 2.75) is 63.6 Å². The van der Waals surface area contributed by atoms with Crippen LogP contribution in [0.2, 0.25) is 0 Å². The average Bonchev–Trinajstić information content (AvgIpc) is 3.17. The summed E-state index contributed by atoms with van der Waals surface area (Å²) in [7, 11) is 0. The molecule has 0 saturated heterocycles. The Kier molecular flexibility index (Phi) is 5.07. The van der Waals surface area contributed by atoms with Crippen molar-refractivity contribution in [1.82, 2.24) is 14.8 Å². The van der Waals surface area contributed by atoms with Gasteiger partial charge in [-0.25, -0.2) is 0 Å². The molecule has 1 N–H and O–H groups in total. The summed E-state index contributed by atoms with van der Waals surface area (Å²) in [6.45, 7) is 6.61. The molecule has 0 spiro atoms. The molecule has 0 radical (unpaired) electrons. The molecular weight excluding hydrogens is 274 g/mol. The van der Waals surface area contributed by atoms with Crippen LogP contribution in [0, 0.1) is 5.92 Å². The zero-order valence-corrected chi connectivity index (χ0v) is 13.2. The summed E-state index contributed by atoms with van der Waals surface area (Å²) in [5.41, 5.74) is 0. The smallest absolute Gasteiger partial charge is 0.313 e. The van der Waals surface area contributed by atoms with Crippen LogP contribution in [0.3, 0.4) is 0 Å². The number of rotatable bonds is 8. The van der Waals surface area contributed by atoms with E-state index >= 15 is 0 Å². The van der Waals surface area contributed by atoms with E-state index in [1.165, 1.54) is 24.6 Å². The van der Waals surface area contributed by atoms with Gasteiger partial charge in [0.25, 0.3) is 0 Å². The Hall–Kier alpha value is -1.04. The Labute approximate surface area is 124 Å². The maximum atomic E-state index is 10.8. The van der Waals surface area contributed by atoms with Crippen molar-refractivity contribution in [3.8, 4) is 0 Å². The molecule has 0 amide bonds. The molecule has 2 rings (SSSR count). The fourth-order valence-electron chi connectivity index (χ4n) is 2.70. The summed E-state index contributed by atoms with van der Waals surface area (Å²) < 4.78 is 2.20. The maximum absolute atomic E-state index is 10.8. The molecule has 0 bridgehead atoms. The summed E-state index contributed by atoms with van der Waals surface area (Å²) in [6, 6.07) is 0.326. The van der Waals surface area contributed by atoms with Crippen LogP contribution in [0.4, 0.5) is 0 Å². The number of nitrogens with zero attached hydrogens (tertiary/aromatic N) is 3. The lowest BCUT2D eigenvalue weighted by Gasteiger charge is -2.25. The lowest BCUT2D eigenvalue weighted by molar-refractivity contribution is -0.133. The normalized spacial score (nSPS) is 16.6. The molecule has 6 heteroatoms. The van der Waals surface area contributed by atoms with Crippen LogP contribution in [-0.4, -0.2) is 31.6 Å². The van der Waals surface area contributed by atoms with E-state index < -0.39 is 5.97 Å². The number of aromatic nitrogens is 3. The molecule has 1 unspecified atom stereocenters. The van der Waals surface area contributed by atoms with Crippen molar-refractivity contribution >= 4 is 17.7 Å². The summed E-state index contributed by atoms with van der Waals surface area (Å²) in [5.74, 6) is 1.38. The highest BCUT2D eigenvalue weighted by Crippen LogP contribution is 2.42. The van der Waals surface area contributed by atoms with Crippen molar-refractivity contribution in [2.24, 2.45) is 5.92 Å². The Bertz CT molecular complexity index is 467. The second-order valence-electron chi connectivity index (χ2n) is 5.48. The number of aliphatic carboxylic acids is 1. The topological polar surface area (TPSA) is 68.0 Å². The molecular formula is C14H23N3O2S. The standard InChI is InChI=1S/C14H23N3O2S/c1-4-10(5-2)9(3)17-13(11-6-7-11)15-16-14(17)20-8-12(18)19/h9-11H,4-8H2,1-3H3,(H,18,19). The molecule has 1 aromatic heterocycles. The van der Waals surface area contributed by atoms with Gasteiger partial charge >= 0.3 is 5.97 Å². The van der Waals surface area contributed by atoms with E-state index in [2.05, 4.69) is 35.5 Å². The predicted molar refractivity (Wildman–Crippen MR) is 79.1 cm³/mol. The first kappa shape index (κ1) is 15.4. The molecule has 1 aliphatic carbocycles. The largest absolute Gasteiger partial charge is 0.481 e. The van der Waals surface area contributed by atoms with E-state index in [0.717, 1.165) is 23.8 Å². The van der Waals surface area contributed by atoms with Gasteiger partial charge < -0.3 is 9.67 Å². The predicted octanol–water partition coefficient (Wildman–Crippen LogP) is 3.33. The molecule has 1 aliphatic rings. The van der Waals surface area contributed by atoms with Crippen molar-refractivity contribution in [3.63, 3.8) is 0 Å². The lowest BCUT2D eigenvalue weighted by atomic mass is 9.95. The van der Waals surface area contributed by atoms with Gasteiger partial charge in [0, 0.05) is 12.0 Å². The van der Waals surface area contributed by atoms with Crippen LogP contribution in [0.1, 0.15) is 64.2 Å². The molecule has 5 nitrogen and oxygen atoms in total. The molecule has 1 atom stereocenters. The van der Waals surface area contributed by atoms with Crippen LogP contribution in [0.5, 0.6) is 0 Å². The minimum absolute atomic E-state index is 0.0401. The number of hydrogen-bond donors (Lipinski definition) is 1. The number of carbonyl (C=O) groups is 1. The monoisotopic (exact) mass is 297 g/mol. The quantitative estimate of drug-likeness (QED) is 0.745. The van der Waals surface area contributed by atoms with Gasteiger partial charge in [-0.05, 0) is 25.7 Å². The van der Waals surface area contributed by atoms with E-state index in [9.17, 15) is 4.79 Å². The van der Waals surface area contributed by atoms with Gasteiger partial charge in [-0.1, -0.05) is 38.5 Å². The molecule has 1 aromatic rings. The molecule has 1 fully saturated rings. The van der Waals surface area contributed by atoms with E-state index in [4.69, 9.17) is 5.11 Å². The maximum Gasteiger partial charge on any atom is 0.313 e. The number of hydrogen-bond acceptors (Lipinski definition) is 4. The van der Waals surface area contributed by atoms with Gasteiger partial charge in [-0.2, -0.15) is 0 Å². The number of carboxylic acids is 1. The summed E-state index contributed by atoms with van der Waals surface area (Å²) >= 11 is 1.28. The average molecular weight is 297 g/mol. The van der Waals surface area contributed by atoms with Crippen LogP contribution >= 0.6 is 11.8 Å². The van der Waals surface area contributed by atoms with Crippen LogP contribution in [0.25, 0.3) is 0 Å². The van der Waals surface area contributed by atoms with Gasteiger partial charge in [0.2, 0.25) is 0 Å². The number of thioether (sulfide) groups is 1. The third-order valence-electron chi connectivity index (χ3n) is 4.10. The van der Waals surface area contributed by atoms with E-state index in [1.54, 1.807) is 0 Å². The first-order valence-corrected chi connectivity index (χ1v) is 8.36. The fourth-order valence-corrected chi connectivity index (χ4v) is 3.45. The third kappa shape index (κ3) is 3.34. The Morgan fingerprint density at radius 3 is 2.55 bits per heavy atom. The van der Waals surface area contributed by atoms with E-state index in [-0.39, 0.29) is 5.75 Å². The van der Waals surface area contributed by atoms with Gasteiger partial charge in [-0.15, -0.1) is 10.2 Å². The van der Waals surface area contributed by atoms with Gasteiger partial charge in [0.1, 0.15) is 5.82 Å². The van der Waals surface area contributed by atoms with Gasteiger partial charge in [-0.3, -0.25) is 4.79 Å². The lowest BCUT2D eigenvalue weighted by Crippen LogP contribution is -2.19. The molecule has 0 aliphatic heterocycles. The minimum Gasteiger partial charge on any atom is -0.481 e. The molecule has 20 heavy (non-hydrogen) atoms. The SMILES string of the molecule is CCC(CC)C(C)n1c(SCC(=O)O)nnc1C1CC1. The van der Waals surface area contributed by atoms with E-state index in [0.29, 0.717) is 17.9 Å². The summed E-state index contributed by atoms with van der Waals surface area (Å²) in [5, 5.41) is 18.2. The Morgan fingerprint density at radius 2 is 2.05 bits per heavy atom. The fraction of sp³-hybridized carbons (Fsp3) is 0.786. The Morgan fingerprint density at radius 1 is 1.40 bits per heavy atom. The number of carboxylic acid groups (broad SMARTS) is 1. The first-order valence-electron chi connectivity index (χ1n) is 7.37. The van der Waals surface area contributed by atoms with Crippen LogP contribution < -0.4 is 0 Å². The highest BCUT2D eigenvalue weighted by molar-refractivity contribution is 7.99. The highest BCUT2D eigenvalue weighted by Gasteiger charge is 2.33. The van der Waals surface area contributed by atoms with Gasteiger partial charge in [0.05, 0.1) is 5.75 Å². The molecule has 1 saturated carbocycles. The van der Waals surface area contributed by atoms with Crippen molar-refractivity contribution < 1.29 is 9.90 Å². The second-order valence-corrected chi connectivity index (χ2v) is 6.43. The minimum atomic E-state index is -0.812. The van der Waals surface area contributed by atoms with Gasteiger partial charge in [0.15, 0.2) is 5.16 Å². The zero-order chi connectivity index (χ0) is 14.7. The van der Waals surface area contributed by atoms with Crippen molar-refractivity contribution in [3.05, 3.63) is 5.82 Å². The summed E-state index contributed by atoms with van der Waals surface area (Å²) in [4.78, 5) is 10.8.